The zero-order chi connectivity index (χ0) is 14.9. The Morgan fingerprint density at radius 2 is 2.10 bits per heavy atom. The molecule has 2 N–H and O–H groups in total. The minimum Gasteiger partial charge on any atom is -0.325 e. The van der Waals surface area contributed by atoms with Crippen LogP contribution in [0.25, 0.3) is 0 Å². The van der Waals surface area contributed by atoms with Crippen LogP contribution in [0.3, 0.4) is 0 Å². The minimum atomic E-state index is -0.322. The number of benzene rings is 1. The fraction of sp³-hybridized carbons (Fsp3) is 0.647. The Morgan fingerprint density at radius 1 is 1.40 bits per heavy atom. The zero-order valence-electron chi connectivity index (χ0n) is 12.6. The SMILES string of the molecule is CC1CCC(C(C)C)C(N)(Cc2cc(Cl)ccc2F)C1. The molecule has 1 aromatic rings. The van der Waals surface area contributed by atoms with Crippen molar-refractivity contribution in [1.29, 1.82) is 0 Å². The standard InChI is InChI=1S/C17H25ClFN/c1-11(2)15-6-4-12(3)9-17(15,20)10-13-8-14(18)5-7-16(13)19/h5,7-8,11-12,15H,4,6,9-10,20H2,1-3H3. The van der Waals surface area contributed by atoms with Crippen molar-refractivity contribution in [1.82, 2.24) is 0 Å². The molecule has 0 radical (unpaired) electrons. The van der Waals surface area contributed by atoms with E-state index in [-0.39, 0.29) is 11.4 Å². The van der Waals surface area contributed by atoms with E-state index < -0.39 is 0 Å². The summed E-state index contributed by atoms with van der Waals surface area (Å²) in [6, 6.07) is 4.76. The Bertz CT molecular complexity index is 474. The van der Waals surface area contributed by atoms with Crippen molar-refractivity contribution in [3.8, 4) is 0 Å². The van der Waals surface area contributed by atoms with E-state index in [0.717, 1.165) is 12.8 Å². The van der Waals surface area contributed by atoms with Crippen molar-refractivity contribution in [3.05, 3.63) is 34.6 Å². The van der Waals surface area contributed by atoms with Crippen molar-refractivity contribution in [2.75, 3.05) is 0 Å². The summed E-state index contributed by atoms with van der Waals surface area (Å²) >= 11 is 6.00. The largest absolute Gasteiger partial charge is 0.325 e. The van der Waals surface area contributed by atoms with Crippen LogP contribution < -0.4 is 5.73 Å². The van der Waals surface area contributed by atoms with E-state index in [2.05, 4.69) is 20.8 Å². The Labute approximate surface area is 126 Å². The molecule has 0 spiro atoms. The van der Waals surface area contributed by atoms with Gasteiger partial charge in [0.05, 0.1) is 0 Å². The monoisotopic (exact) mass is 297 g/mol. The average Bonchev–Trinajstić information content (AvgIpc) is 2.32. The van der Waals surface area contributed by atoms with Crippen molar-refractivity contribution >= 4 is 11.6 Å². The van der Waals surface area contributed by atoms with Crippen LogP contribution in [0.1, 0.15) is 45.6 Å². The molecule has 3 atom stereocenters. The lowest BCUT2D eigenvalue weighted by Gasteiger charge is -2.46. The van der Waals surface area contributed by atoms with Gasteiger partial charge >= 0.3 is 0 Å². The number of halogens is 2. The van der Waals surface area contributed by atoms with E-state index in [4.69, 9.17) is 17.3 Å². The Kier molecular flexibility index (Phi) is 4.76. The highest BCUT2D eigenvalue weighted by atomic mass is 35.5. The van der Waals surface area contributed by atoms with Gasteiger partial charge in [0.25, 0.3) is 0 Å². The molecule has 1 saturated carbocycles. The molecule has 1 aliphatic carbocycles. The predicted molar refractivity (Wildman–Crippen MR) is 83.4 cm³/mol. The van der Waals surface area contributed by atoms with Gasteiger partial charge in [-0.2, -0.15) is 0 Å². The first-order chi connectivity index (χ1) is 9.32. The molecule has 20 heavy (non-hydrogen) atoms. The zero-order valence-corrected chi connectivity index (χ0v) is 13.4. The van der Waals surface area contributed by atoms with Crippen LogP contribution >= 0.6 is 11.6 Å². The molecule has 0 bridgehead atoms. The van der Waals surface area contributed by atoms with Gasteiger partial charge in [0.15, 0.2) is 0 Å². The second kappa shape index (κ2) is 6.03. The van der Waals surface area contributed by atoms with Crippen LogP contribution in [-0.2, 0) is 6.42 Å². The fourth-order valence-electron chi connectivity index (χ4n) is 3.89. The molecule has 0 aromatic heterocycles. The molecule has 112 valence electrons. The van der Waals surface area contributed by atoms with Gasteiger partial charge in [0, 0.05) is 10.6 Å². The lowest BCUT2D eigenvalue weighted by atomic mass is 9.63. The molecular formula is C17H25ClFN. The maximum atomic E-state index is 14.0. The molecule has 1 aromatic carbocycles. The van der Waals surface area contributed by atoms with Gasteiger partial charge in [-0.15, -0.1) is 0 Å². The van der Waals surface area contributed by atoms with E-state index >= 15 is 0 Å². The van der Waals surface area contributed by atoms with Crippen molar-refractivity contribution in [2.24, 2.45) is 23.5 Å². The molecule has 0 aliphatic heterocycles. The molecule has 0 heterocycles. The third-order valence-electron chi connectivity index (χ3n) is 4.77. The maximum Gasteiger partial charge on any atom is 0.126 e. The quantitative estimate of drug-likeness (QED) is 0.851. The highest BCUT2D eigenvalue weighted by Crippen LogP contribution is 2.41. The fourth-order valence-corrected chi connectivity index (χ4v) is 4.08. The third kappa shape index (κ3) is 3.35. The second-order valence-electron chi connectivity index (χ2n) is 6.88. The summed E-state index contributed by atoms with van der Waals surface area (Å²) in [7, 11) is 0. The predicted octanol–water partition coefficient (Wildman–Crippen LogP) is 4.81. The highest BCUT2D eigenvalue weighted by molar-refractivity contribution is 6.30. The first-order valence-electron chi connectivity index (χ1n) is 7.54. The first kappa shape index (κ1) is 15.8. The first-order valence-corrected chi connectivity index (χ1v) is 7.92. The van der Waals surface area contributed by atoms with Gasteiger partial charge in [0.2, 0.25) is 0 Å². The van der Waals surface area contributed by atoms with E-state index in [1.54, 1.807) is 12.1 Å². The topological polar surface area (TPSA) is 26.0 Å². The van der Waals surface area contributed by atoms with Crippen LogP contribution in [0.5, 0.6) is 0 Å². The van der Waals surface area contributed by atoms with Gasteiger partial charge in [-0.05, 0) is 60.8 Å². The Hall–Kier alpha value is -0.600. The van der Waals surface area contributed by atoms with Crippen LogP contribution in [0.4, 0.5) is 4.39 Å². The summed E-state index contributed by atoms with van der Waals surface area (Å²) in [6.07, 6.45) is 3.89. The number of hydrogen-bond acceptors (Lipinski definition) is 1. The minimum absolute atomic E-state index is 0.194. The molecule has 3 unspecified atom stereocenters. The van der Waals surface area contributed by atoms with E-state index in [9.17, 15) is 4.39 Å². The summed E-state index contributed by atoms with van der Waals surface area (Å²) in [6.45, 7) is 6.68. The number of rotatable bonds is 3. The number of hydrogen-bond donors (Lipinski definition) is 1. The molecule has 1 fully saturated rings. The summed E-state index contributed by atoms with van der Waals surface area (Å²) < 4.78 is 14.0. The van der Waals surface area contributed by atoms with Crippen molar-refractivity contribution < 1.29 is 4.39 Å². The Balaban J connectivity index is 2.28. The second-order valence-corrected chi connectivity index (χ2v) is 7.32. The van der Waals surface area contributed by atoms with Crippen molar-refractivity contribution in [3.63, 3.8) is 0 Å². The van der Waals surface area contributed by atoms with E-state index in [0.29, 0.717) is 34.8 Å². The lowest BCUT2D eigenvalue weighted by Crippen LogP contribution is -2.54. The molecule has 0 saturated heterocycles. The van der Waals surface area contributed by atoms with Crippen LogP contribution in [0.15, 0.2) is 18.2 Å². The normalized spacial score (nSPS) is 30.8. The molecular weight excluding hydrogens is 273 g/mol. The smallest absolute Gasteiger partial charge is 0.126 e. The maximum absolute atomic E-state index is 14.0. The van der Waals surface area contributed by atoms with Gasteiger partial charge in [0.1, 0.15) is 5.82 Å². The van der Waals surface area contributed by atoms with E-state index in [1.165, 1.54) is 12.5 Å². The summed E-state index contributed by atoms with van der Waals surface area (Å²) in [5.41, 5.74) is 7.07. The molecule has 1 aliphatic rings. The van der Waals surface area contributed by atoms with E-state index in [1.807, 2.05) is 0 Å². The van der Waals surface area contributed by atoms with Gasteiger partial charge in [-0.1, -0.05) is 38.8 Å². The highest BCUT2D eigenvalue weighted by Gasteiger charge is 2.41. The average molecular weight is 298 g/mol. The molecule has 1 nitrogen and oxygen atoms in total. The molecule has 3 heteroatoms. The summed E-state index contributed by atoms with van der Waals surface area (Å²) in [5.74, 6) is 1.38. The summed E-state index contributed by atoms with van der Waals surface area (Å²) in [4.78, 5) is 0. The number of nitrogens with two attached hydrogens (primary N) is 1. The molecule has 2 rings (SSSR count). The van der Waals surface area contributed by atoms with Crippen molar-refractivity contribution in [2.45, 2.75) is 52.0 Å². The van der Waals surface area contributed by atoms with Gasteiger partial charge in [-0.3, -0.25) is 0 Å². The lowest BCUT2D eigenvalue weighted by molar-refractivity contribution is 0.108. The Morgan fingerprint density at radius 3 is 2.75 bits per heavy atom. The van der Waals surface area contributed by atoms with Crippen LogP contribution in [0, 0.1) is 23.6 Å². The van der Waals surface area contributed by atoms with Crippen LogP contribution in [0.2, 0.25) is 5.02 Å². The summed E-state index contributed by atoms with van der Waals surface area (Å²) in [5, 5.41) is 0.579. The van der Waals surface area contributed by atoms with Crippen LogP contribution in [-0.4, -0.2) is 5.54 Å². The van der Waals surface area contributed by atoms with Gasteiger partial charge in [-0.25, -0.2) is 4.39 Å². The molecule has 0 amide bonds. The van der Waals surface area contributed by atoms with Gasteiger partial charge < -0.3 is 5.73 Å². The third-order valence-corrected chi connectivity index (χ3v) is 5.00.